The minimum atomic E-state index is -0.569. The van der Waals surface area contributed by atoms with Crippen LogP contribution in [0.2, 0.25) is 0 Å². The third-order valence-corrected chi connectivity index (χ3v) is 7.47. The molecule has 3 heterocycles. The first-order chi connectivity index (χ1) is 17.4. The summed E-state index contributed by atoms with van der Waals surface area (Å²) in [6, 6.07) is 15.6. The van der Waals surface area contributed by atoms with Gasteiger partial charge in [-0.15, -0.1) is 0 Å². The molecule has 8 nitrogen and oxygen atoms in total. The van der Waals surface area contributed by atoms with Gasteiger partial charge in [0.05, 0.1) is 32.0 Å². The number of aliphatic hydroxyl groups is 1. The maximum absolute atomic E-state index is 11.6. The second-order valence-electron chi connectivity index (χ2n) is 10.0. The standard InChI is InChI=1S/C28H36N2O6/c1-19-25(17-30-12-10-28(11-13-30)33-14-15-34-28)35-27(23-4-3-5-24(16-23)29-20(2)32)36-26(19)22-8-6-21(18-31)7-9-22/h3-9,16,19,25-27,31H,10-15,17-18H2,1-2H3,(H,29,32)/t19-,25+,26+,27+/m1/s1. The van der Waals surface area contributed by atoms with Gasteiger partial charge < -0.3 is 34.3 Å². The lowest BCUT2D eigenvalue weighted by Crippen LogP contribution is -2.50. The van der Waals surface area contributed by atoms with Crippen LogP contribution in [-0.2, 0) is 30.3 Å². The number of likely N-dealkylation sites (tertiary alicyclic amines) is 1. The molecule has 0 radical (unpaired) electrons. The predicted molar refractivity (Wildman–Crippen MR) is 134 cm³/mol. The molecule has 0 aliphatic carbocycles. The number of benzene rings is 2. The van der Waals surface area contributed by atoms with Crippen molar-refractivity contribution in [3.63, 3.8) is 0 Å². The van der Waals surface area contributed by atoms with E-state index in [9.17, 15) is 9.90 Å². The Bertz CT molecular complexity index is 1030. The first kappa shape index (κ1) is 25.3. The highest BCUT2D eigenvalue weighted by Gasteiger charge is 2.43. The molecule has 3 saturated heterocycles. The molecule has 3 aliphatic rings. The molecule has 36 heavy (non-hydrogen) atoms. The molecule has 0 unspecified atom stereocenters. The Hall–Kier alpha value is -2.33. The van der Waals surface area contributed by atoms with E-state index in [-0.39, 0.29) is 30.6 Å². The highest BCUT2D eigenvalue weighted by atomic mass is 16.7. The van der Waals surface area contributed by atoms with Crippen LogP contribution in [0.3, 0.4) is 0 Å². The normalized spacial score (nSPS) is 28.3. The number of rotatable bonds is 6. The van der Waals surface area contributed by atoms with Crippen LogP contribution < -0.4 is 5.32 Å². The van der Waals surface area contributed by atoms with Gasteiger partial charge in [0.2, 0.25) is 5.91 Å². The molecule has 194 valence electrons. The van der Waals surface area contributed by atoms with Crippen LogP contribution in [0.25, 0.3) is 0 Å². The van der Waals surface area contributed by atoms with E-state index in [0.29, 0.717) is 18.9 Å². The summed E-state index contributed by atoms with van der Waals surface area (Å²) in [5.41, 5.74) is 3.50. The largest absolute Gasteiger partial charge is 0.392 e. The lowest BCUT2D eigenvalue weighted by Gasteiger charge is -2.44. The van der Waals surface area contributed by atoms with Crippen LogP contribution in [0.1, 0.15) is 55.8 Å². The summed E-state index contributed by atoms with van der Waals surface area (Å²) in [4.78, 5) is 14.0. The summed E-state index contributed by atoms with van der Waals surface area (Å²) >= 11 is 0. The SMILES string of the molecule is CC(=O)Nc1cccc([C@H]2O[C@@H](CN3CCC4(CC3)OCCO4)[C@@H](C)[C@@H](c3ccc(CO)cc3)O2)c1. The Morgan fingerprint density at radius 1 is 1.06 bits per heavy atom. The fourth-order valence-electron chi connectivity index (χ4n) is 5.41. The molecule has 3 fully saturated rings. The molecule has 0 saturated carbocycles. The number of piperidine rings is 1. The average molecular weight is 497 g/mol. The van der Waals surface area contributed by atoms with Crippen LogP contribution in [0.5, 0.6) is 0 Å². The summed E-state index contributed by atoms with van der Waals surface area (Å²) in [7, 11) is 0. The Labute approximate surface area is 212 Å². The summed E-state index contributed by atoms with van der Waals surface area (Å²) < 4.78 is 24.9. The van der Waals surface area contributed by atoms with Crippen LogP contribution in [0.4, 0.5) is 5.69 Å². The molecule has 2 aromatic carbocycles. The molecule has 0 bridgehead atoms. The van der Waals surface area contributed by atoms with Gasteiger partial charge in [-0.2, -0.15) is 0 Å². The van der Waals surface area contributed by atoms with E-state index in [1.54, 1.807) is 0 Å². The van der Waals surface area contributed by atoms with Gasteiger partial charge in [0.15, 0.2) is 12.1 Å². The van der Waals surface area contributed by atoms with E-state index in [4.69, 9.17) is 18.9 Å². The molecular weight excluding hydrogens is 460 g/mol. The second-order valence-corrected chi connectivity index (χ2v) is 10.0. The van der Waals surface area contributed by atoms with Gasteiger partial charge in [-0.1, -0.05) is 43.3 Å². The van der Waals surface area contributed by atoms with E-state index in [1.165, 1.54) is 6.92 Å². The molecule has 5 rings (SSSR count). The van der Waals surface area contributed by atoms with Crippen LogP contribution in [0.15, 0.2) is 48.5 Å². The van der Waals surface area contributed by atoms with Crippen molar-refractivity contribution in [2.45, 2.75) is 57.6 Å². The van der Waals surface area contributed by atoms with Crippen LogP contribution in [-0.4, -0.2) is 60.7 Å². The fourth-order valence-corrected chi connectivity index (χ4v) is 5.41. The van der Waals surface area contributed by atoms with Crippen LogP contribution in [0, 0.1) is 5.92 Å². The van der Waals surface area contributed by atoms with Crippen molar-refractivity contribution in [3.8, 4) is 0 Å². The Kier molecular flexibility index (Phi) is 7.71. The number of carbonyl (C=O) groups is 1. The van der Waals surface area contributed by atoms with E-state index in [0.717, 1.165) is 49.2 Å². The zero-order valence-electron chi connectivity index (χ0n) is 21.0. The lowest BCUT2D eigenvalue weighted by molar-refractivity contribution is -0.278. The van der Waals surface area contributed by atoms with Gasteiger partial charge in [-0.05, 0) is 23.3 Å². The van der Waals surface area contributed by atoms with E-state index in [2.05, 4.69) is 17.1 Å². The topological polar surface area (TPSA) is 89.5 Å². The van der Waals surface area contributed by atoms with Crippen molar-refractivity contribution < 1.29 is 28.8 Å². The zero-order chi connectivity index (χ0) is 25.1. The Balaban J connectivity index is 1.36. The maximum Gasteiger partial charge on any atom is 0.221 e. The van der Waals surface area contributed by atoms with E-state index >= 15 is 0 Å². The first-order valence-corrected chi connectivity index (χ1v) is 12.8. The molecule has 1 spiro atoms. The van der Waals surface area contributed by atoms with Crippen LogP contribution >= 0.6 is 0 Å². The minimum absolute atomic E-state index is 0.00946. The van der Waals surface area contributed by atoms with Gasteiger partial charge in [0, 0.05) is 56.6 Å². The van der Waals surface area contributed by atoms with Gasteiger partial charge in [-0.25, -0.2) is 0 Å². The highest BCUT2D eigenvalue weighted by molar-refractivity contribution is 5.88. The number of carbonyl (C=O) groups excluding carboxylic acids is 1. The van der Waals surface area contributed by atoms with Crippen molar-refractivity contribution in [3.05, 3.63) is 65.2 Å². The second kappa shape index (κ2) is 11.0. The maximum atomic E-state index is 11.6. The third-order valence-electron chi connectivity index (χ3n) is 7.47. The minimum Gasteiger partial charge on any atom is -0.392 e. The summed E-state index contributed by atoms with van der Waals surface area (Å²) in [5.74, 6) is -0.416. The van der Waals surface area contributed by atoms with E-state index < -0.39 is 12.1 Å². The number of nitrogens with zero attached hydrogens (tertiary/aromatic N) is 1. The zero-order valence-corrected chi connectivity index (χ0v) is 21.0. The quantitative estimate of drug-likeness (QED) is 0.629. The van der Waals surface area contributed by atoms with Crippen molar-refractivity contribution >= 4 is 11.6 Å². The average Bonchev–Trinajstić information content (AvgIpc) is 3.34. The summed E-state index contributed by atoms with van der Waals surface area (Å²) in [6.07, 6.45) is 0.913. The molecule has 8 heteroatoms. The molecular formula is C28H36N2O6. The Morgan fingerprint density at radius 3 is 2.44 bits per heavy atom. The molecule has 2 N–H and O–H groups in total. The monoisotopic (exact) mass is 496 g/mol. The van der Waals surface area contributed by atoms with E-state index in [1.807, 2.05) is 48.5 Å². The van der Waals surface area contributed by atoms with Gasteiger partial charge in [0.1, 0.15) is 0 Å². The molecule has 3 aliphatic heterocycles. The predicted octanol–water partition coefficient (Wildman–Crippen LogP) is 3.77. The smallest absolute Gasteiger partial charge is 0.221 e. The number of aliphatic hydroxyl groups excluding tert-OH is 1. The number of amides is 1. The highest BCUT2D eigenvalue weighted by Crippen LogP contribution is 2.42. The van der Waals surface area contributed by atoms with Crippen molar-refractivity contribution in [1.29, 1.82) is 0 Å². The number of hydrogen-bond donors (Lipinski definition) is 2. The summed E-state index contributed by atoms with van der Waals surface area (Å²) in [6.45, 7) is 7.61. The van der Waals surface area contributed by atoms with Crippen molar-refractivity contribution in [2.24, 2.45) is 5.92 Å². The number of ether oxygens (including phenoxy) is 4. The first-order valence-electron chi connectivity index (χ1n) is 12.8. The number of anilines is 1. The molecule has 1 amide bonds. The van der Waals surface area contributed by atoms with Gasteiger partial charge in [-0.3, -0.25) is 4.79 Å². The fraction of sp³-hybridized carbons (Fsp3) is 0.536. The number of hydrogen-bond acceptors (Lipinski definition) is 7. The van der Waals surface area contributed by atoms with Gasteiger partial charge >= 0.3 is 0 Å². The summed E-state index contributed by atoms with van der Waals surface area (Å²) in [5, 5.41) is 12.3. The Morgan fingerprint density at radius 2 is 1.78 bits per heavy atom. The number of nitrogens with one attached hydrogen (secondary N) is 1. The molecule has 2 aromatic rings. The lowest BCUT2D eigenvalue weighted by atomic mass is 9.89. The van der Waals surface area contributed by atoms with Crippen molar-refractivity contribution in [2.75, 3.05) is 38.2 Å². The van der Waals surface area contributed by atoms with Gasteiger partial charge in [0.25, 0.3) is 0 Å². The third kappa shape index (κ3) is 5.64. The molecule has 0 aromatic heterocycles. The van der Waals surface area contributed by atoms with Crippen molar-refractivity contribution in [1.82, 2.24) is 4.90 Å². The molecule has 4 atom stereocenters.